The number of anilines is 8. The smallest absolute Gasteiger partial charge is 0.252 e. The van der Waals surface area contributed by atoms with Crippen LogP contribution in [0.3, 0.4) is 0 Å². The molecule has 2 aliphatic rings. The lowest BCUT2D eigenvalue weighted by Gasteiger charge is -2.37. The average Bonchev–Trinajstić information content (AvgIpc) is 3.71. The minimum atomic E-state index is -0.252. The zero-order valence-electron chi connectivity index (χ0n) is 38.6. The highest BCUT2D eigenvalue weighted by molar-refractivity contribution is 7.00. The van der Waals surface area contributed by atoms with E-state index in [-0.39, 0.29) is 12.5 Å². The molecule has 1 aromatic heterocycles. The van der Waals surface area contributed by atoms with Gasteiger partial charge in [0.2, 0.25) is 0 Å². The minimum Gasteiger partial charge on any atom is -0.356 e. The van der Waals surface area contributed by atoms with Gasteiger partial charge in [0.15, 0.2) is 0 Å². The van der Waals surface area contributed by atoms with E-state index in [1.807, 2.05) is 12.1 Å². The van der Waals surface area contributed by atoms with E-state index in [0.717, 1.165) is 73.4 Å². The Morgan fingerprint density at radius 1 is 0.449 bits per heavy atom. The maximum Gasteiger partial charge on any atom is 0.252 e. The Kier molecular flexibility index (Phi) is 9.45. The molecule has 1 N–H and O–H groups in total. The summed E-state index contributed by atoms with van der Waals surface area (Å²) in [4.78, 5) is 4.79. The molecule has 11 aromatic rings. The monoisotopic (exact) mass is 888 g/mol. The van der Waals surface area contributed by atoms with Crippen LogP contribution >= 0.6 is 0 Å². The van der Waals surface area contributed by atoms with Crippen LogP contribution in [-0.4, -0.2) is 11.3 Å². The molecule has 0 fully saturated rings. The lowest BCUT2D eigenvalue weighted by Crippen LogP contribution is -2.59. The van der Waals surface area contributed by atoms with Gasteiger partial charge in [-0.3, -0.25) is 0 Å². The fraction of sp³-hybridized carbons (Fsp3) is 0.0476. The summed E-state index contributed by atoms with van der Waals surface area (Å²) < 4.78 is 17.1. The van der Waals surface area contributed by atoms with Crippen LogP contribution in [0, 0.1) is 26.6 Å². The molecule has 0 aliphatic carbocycles. The number of aryl methyl sites for hydroxylation is 3. The Hall–Kier alpha value is -8.61. The van der Waals surface area contributed by atoms with Crippen molar-refractivity contribution in [2.45, 2.75) is 20.8 Å². The molecule has 0 saturated carbocycles. The van der Waals surface area contributed by atoms with Gasteiger partial charge in [0, 0.05) is 73.0 Å². The Labute approximate surface area is 402 Å². The molecular formula is C63H46BFN4. The summed E-state index contributed by atoms with van der Waals surface area (Å²) in [5.41, 5.74) is 23.6. The molecule has 328 valence electrons. The van der Waals surface area contributed by atoms with Crippen LogP contribution in [0.15, 0.2) is 218 Å². The number of rotatable bonds is 8. The summed E-state index contributed by atoms with van der Waals surface area (Å²) >= 11 is 0. The van der Waals surface area contributed by atoms with E-state index in [2.05, 4.69) is 235 Å². The van der Waals surface area contributed by atoms with Gasteiger partial charge in [-0.2, -0.15) is 0 Å². The van der Waals surface area contributed by atoms with E-state index in [0.29, 0.717) is 0 Å². The zero-order valence-corrected chi connectivity index (χ0v) is 38.6. The minimum absolute atomic E-state index is 0.195. The molecule has 2 aliphatic heterocycles. The molecule has 0 saturated heterocycles. The second-order valence-electron chi connectivity index (χ2n) is 18.6. The van der Waals surface area contributed by atoms with Gasteiger partial charge in [0.05, 0.1) is 5.52 Å². The van der Waals surface area contributed by atoms with Gasteiger partial charge < -0.3 is 19.7 Å². The third-order valence-corrected chi connectivity index (χ3v) is 14.2. The van der Waals surface area contributed by atoms with Crippen LogP contribution in [0.5, 0.6) is 0 Å². The highest BCUT2D eigenvalue weighted by Gasteiger charge is 2.42. The molecule has 13 rings (SSSR count). The van der Waals surface area contributed by atoms with Crippen molar-refractivity contribution >= 4 is 90.4 Å². The summed E-state index contributed by atoms with van der Waals surface area (Å²) in [6, 6.07) is 77.7. The van der Waals surface area contributed by atoms with Gasteiger partial charge in [0.1, 0.15) is 5.82 Å². The lowest BCUT2D eigenvalue weighted by molar-refractivity contribution is 0.628. The molecule has 0 atom stereocenters. The SMILES string of the molecule is Cc1ccc(C)c(-c2cc(N(c3ccccc3)c3ccccc3)cc3c2Nc2cc(-c4ccc(F)cc4)cc4c2B3c2cc(N(c3ccccc3)c3ccccc3)cc3c5cc(C)ccc5n-4c23)c1. The Morgan fingerprint density at radius 3 is 1.61 bits per heavy atom. The Morgan fingerprint density at radius 2 is 1.00 bits per heavy atom. The Balaban J connectivity index is 1.19. The number of nitrogens with zero attached hydrogens (tertiary/aromatic N) is 3. The van der Waals surface area contributed by atoms with Crippen molar-refractivity contribution in [3.63, 3.8) is 0 Å². The fourth-order valence-electron chi connectivity index (χ4n) is 11.1. The number of halogens is 1. The van der Waals surface area contributed by atoms with Crippen LogP contribution < -0.4 is 31.5 Å². The van der Waals surface area contributed by atoms with Gasteiger partial charge in [0.25, 0.3) is 6.71 Å². The highest BCUT2D eigenvalue weighted by Crippen LogP contribution is 2.46. The summed E-state index contributed by atoms with van der Waals surface area (Å²) in [6.07, 6.45) is 0. The third kappa shape index (κ3) is 6.66. The van der Waals surface area contributed by atoms with Gasteiger partial charge in [-0.25, -0.2) is 4.39 Å². The van der Waals surface area contributed by atoms with E-state index in [4.69, 9.17) is 0 Å². The number of benzene rings is 10. The van der Waals surface area contributed by atoms with Gasteiger partial charge >= 0.3 is 0 Å². The quantitative estimate of drug-likeness (QED) is 0.154. The zero-order chi connectivity index (χ0) is 46.3. The second kappa shape index (κ2) is 16.0. The molecule has 3 heterocycles. The van der Waals surface area contributed by atoms with Crippen LogP contribution in [0.4, 0.5) is 49.9 Å². The first-order chi connectivity index (χ1) is 33.9. The van der Waals surface area contributed by atoms with Crippen molar-refractivity contribution in [1.82, 2.24) is 4.57 Å². The van der Waals surface area contributed by atoms with Gasteiger partial charge in [-0.1, -0.05) is 120 Å². The van der Waals surface area contributed by atoms with Crippen LogP contribution in [0.25, 0.3) is 49.7 Å². The fourth-order valence-corrected chi connectivity index (χ4v) is 11.1. The predicted octanol–water partition coefficient (Wildman–Crippen LogP) is 15.0. The number of hydrogen-bond acceptors (Lipinski definition) is 3. The standard InChI is InChI=1S/C63H46BFN4/c1-40-24-26-42(3)52(32-40)54-36-50(67(46-16-8-4-9-17-46)47-18-10-5-11-19-47)38-56-62(54)66-58-34-44(43-27-29-45(65)30-28-43)35-60-61(58)64(56)57-39-51(37-55-53-33-41(2)25-31-59(53)69(60)63(55)57)68(48-20-12-6-13-21-48)49-22-14-7-15-23-49/h4-39,66H,1-3H3. The average molecular weight is 889 g/mol. The van der Waals surface area contributed by atoms with Crippen molar-refractivity contribution in [3.8, 4) is 27.9 Å². The van der Waals surface area contributed by atoms with Crippen molar-refractivity contribution in [1.29, 1.82) is 0 Å². The summed E-state index contributed by atoms with van der Waals surface area (Å²) in [5, 5.41) is 6.54. The topological polar surface area (TPSA) is 23.4 Å². The van der Waals surface area contributed by atoms with Crippen molar-refractivity contribution in [2.75, 3.05) is 15.1 Å². The predicted molar refractivity (Wildman–Crippen MR) is 290 cm³/mol. The van der Waals surface area contributed by atoms with E-state index < -0.39 is 0 Å². The highest BCUT2D eigenvalue weighted by atomic mass is 19.1. The number of para-hydroxylation sites is 4. The first kappa shape index (κ1) is 40.7. The number of hydrogen-bond donors (Lipinski definition) is 1. The molecule has 0 unspecified atom stereocenters. The van der Waals surface area contributed by atoms with Crippen molar-refractivity contribution in [2.24, 2.45) is 0 Å². The normalized spacial score (nSPS) is 12.1. The summed E-state index contributed by atoms with van der Waals surface area (Å²) in [7, 11) is 0. The first-order valence-corrected chi connectivity index (χ1v) is 23.7. The molecule has 0 radical (unpaired) electrons. The van der Waals surface area contributed by atoms with E-state index in [1.165, 1.54) is 54.9 Å². The van der Waals surface area contributed by atoms with Crippen molar-refractivity contribution in [3.05, 3.63) is 241 Å². The number of fused-ring (bicyclic) bond motifs is 7. The molecule has 0 bridgehead atoms. The van der Waals surface area contributed by atoms with Gasteiger partial charge in [-0.15, -0.1) is 0 Å². The van der Waals surface area contributed by atoms with Gasteiger partial charge in [-0.05, 0) is 169 Å². The molecule has 10 aromatic carbocycles. The second-order valence-corrected chi connectivity index (χ2v) is 18.6. The van der Waals surface area contributed by atoms with Crippen LogP contribution in [-0.2, 0) is 0 Å². The summed E-state index contributed by atoms with van der Waals surface area (Å²) in [5.74, 6) is -0.252. The number of aromatic nitrogens is 1. The largest absolute Gasteiger partial charge is 0.356 e. The number of nitrogens with one attached hydrogen (secondary N) is 1. The summed E-state index contributed by atoms with van der Waals surface area (Å²) in [6.45, 7) is 6.39. The van der Waals surface area contributed by atoms with Crippen molar-refractivity contribution < 1.29 is 4.39 Å². The molecule has 0 spiro atoms. The Bertz CT molecular complexity index is 3720. The molecular weight excluding hydrogens is 843 g/mol. The lowest BCUT2D eigenvalue weighted by atomic mass is 9.33. The third-order valence-electron chi connectivity index (χ3n) is 14.2. The van der Waals surface area contributed by atoms with Crippen LogP contribution in [0.2, 0.25) is 0 Å². The van der Waals surface area contributed by atoms with E-state index in [1.54, 1.807) is 12.1 Å². The maximum atomic E-state index is 14.6. The molecule has 4 nitrogen and oxygen atoms in total. The van der Waals surface area contributed by atoms with E-state index in [9.17, 15) is 4.39 Å². The first-order valence-electron chi connectivity index (χ1n) is 23.7. The maximum absolute atomic E-state index is 14.6. The molecule has 6 heteroatoms. The van der Waals surface area contributed by atoms with Crippen LogP contribution in [0.1, 0.15) is 16.7 Å². The molecule has 69 heavy (non-hydrogen) atoms. The van der Waals surface area contributed by atoms with E-state index >= 15 is 0 Å². The molecule has 0 amide bonds.